The molecule has 7 heteroatoms. The summed E-state index contributed by atoms with van der Waals surface area (Å²) in [6.45, 7) is 4.42. The molecular formula is C16H24N2O5. The summed E-state index contributed by atoms with van der Waals surface area (Å²) in [6, 6.07) is 5.10. The molecule has 1 unspecified atom stereocenters. The van der Waals surface area contributed by atoms with Crippen LogP contribution >= 0.6 is 0 Å². The van der Waals surface area contributed by atoms with Crippen LogP contribution in [-0.4, -0.2) is 49.3 Å². The lowest BCUT2D eigenvalue weighted by Crippen LogP contribution is -2.40. The first-order valence-electron chi connectivity index (χ1n) is 7.40. The zero-order valence-electron chi connectivity index (χ0n) is 14.0. The van der Waals surface area contributed by atoms with Gasteiger partial charge in [0.25, 0.3) is 0 Å². The molecule has 0 aliphatic heterocycles. The Hall–Kier alpha value is -2.44. The first kappa shape index (κ1) is 18.6. The third kappa shape index (κ3) is 5.69. The van der Waals surface area contributed by atoms with Gasteiger partial charge < -0.3 is 24.8 Å². The van der Waals surface area contributed by atoms with Crippen LogP contribution in [-0.2, 0) is 11.3 Å². The fraction of sp³-hybridized carbons (Fsp3) is 0.500. The van der Waals surface area contributed by atoms with Crippen LogP contribution in [0.4, 0.5) is 4.79 Å². The monoisotopic (exact) mass is 324 g/mol. The number of nitrogens with one attached hydrogen (secondary N) is 1. The zero-order valence-corrected chi connectivity index (χ0v) is 14.0. The molecule has 1 atom stereocenters. The highest BCUT2D eigenvalue weighted by Gasteiger charge is 2.17. The predicted octanol–water partition coefficient (Wildman–Crippen LogP) is 1.96. The standard InChI is InChI=1S/C16H24N2O5/c1-5-23-14-8-12(6-7-13(14)22-4)9-17-16(21)18(3)10-11(2)15(19)20/h6-8,11H,5,9-10H2,1-4H3,(H,17,21)(H,19,20). The lowest BCUT2D eigenvalue weighted by atomic mass is 10.2. The first-order chi connectivity index (χ1) is 10.9. The number of carboxylic acid groups (broad SMARTS) is 1. The number of ether oxygens (including phenoxy) is 2. The lowest BCUT2D eigenvalue weighted by Gasteiger charge is -2.20. The van der Waals surface area contributed by atoms with E-state index in [1.54, 1.807) is 27.1 Å². The van der Waals surface area contributed by atoms with Crippen molar-refractivity contribution >= 4 is 12.0 Å². The number of carboxylic acids is 1. The van der Waals surface area contributed by atoms with Crippen molar-refractivity contribution in [3.63, 3.8) is 0 Å². The van der Waals surface area contributed by atoms with Crippen LogP contribution in [0, 0.1) is 5.92 Å². The molecule has 0 heterocycles. The summed E-state index contributed by atoms with van der Waals surface area (Å²) in [4.78, 5) is 24.1. The quantitative estimate of drug-likeness (QED) is 0.763. The van der Waals surface area contributed by atoms with Gasteiger partial charge in [-0.3, -0.25) is 4.79 Å². The van der Waals surface area contributed by atoms with E-state index in [0.29, 0.717) is 24.7 Å². The second-order valence-corrected chi connectivity index (χ2v) is 5.20. The first-order valence-corrected chi connectivity index (χ1v) is 7.40. The van der Waals surface area contributed by atoms with Gasteiger partial charge in [-0.05, 0) is 24.6 Å². The molecule has 23 heavy (non-hydrogen) atoms. The van der Waals surface area contributed by atoms with E-state index in [2.05, 4.69) is 5.32 Å². The third-order valence-corrected chi connectivity index (χ3v) is 3.29. The highest BCUT2D eigenvalue weighted by Crippen LogP contribution is 2.27. The van der Waals surface area contributed by atoms with Gasteiger partial charge in [0.2, 0.25) is 0 Å². The minimum absolute atomic E-state index is 0.147. The number of carbonyl (C=O) groups excluding carboxylic acids is 1. The molecule has 0 fully saturated rings. The fourth-order valence-corrected chi connectivity index (χ4v) is 1.98. The van der Waals surface area contributed by atoms with Gasteiger partial charge in [-0.2, -0.15) is 0 Å². The SMILES string of the molecule is CCOc1cc(CNC(=O)N(C)CC(C)C(=O)O)ccc1OC. The highest BCUT2D eigenvalue weighted by atomic mass is 16.5. The Kier molecular flexibility index (Phi) is 7.18. The molecule has 7 nitrogen and oxygen atoms in total. The van der Waals surface area contributed by atoms with E-state index >= 15 is 0 Å². The number of hydrogen-bond donors (Lipinski definition) is 2. The molecule has 2 amide bonds. The minimum Gasteiger partial charge on any atom is -0.493 e. The Bertz CT molecular complexity index is 547. The predicted molar refractivity (Wildman–Crippen MR) is 85.8 cm³/mol. The average Bonchev–Trinajstić information content (AvgIpc) is 2.52. The van der Waals surface area contributed by atoms with Crippen LogP contribution in [0.15, 0.2) is 18.2 Å². The number of methoxy groups -OCH3 is 1. The largest absolute Gasteiger partial charge is 0.493 e. The summed E-state index contributed by atoms with van der Waals surface area (Å²) < 4.78 is 10.7. The van der Waals surface area contributed by atoms with Crippen molar-refractivity contribution in [3.8, 4) is 11.5 Å². The second-order valence-electron chi connectivity index (χ2n) is 5.20. The van der Waals surface area contributed by atoms with Crippen molar-refractivity contribution in [2.45, 2.75) is 20.4 Å². The van der Waals surface area contributed by atoms with Gasteiger partial charge in [0.15, 0.2) is 11.5 Å². The van der Waals surface area contributed by atoms with Gasteiger partial charge in [0.1, 0.15) is 0 Å². The van der Waals surface area contributed by atoms with Gasteiger partial charge in [-0.25, -0.2) is 4.79 Å². The van der Waals surface area contributed by atoms with Crippen LogP contribution in [0.3, 0.4) is 0 Å². The van der Waals surface area contributed by atoms with Crippen molar-refractivity contribution in [1.29, 1.82) is 0 Å². The van der Waals surface area contributed by atoms with E-state index in [0.717, 1.165) is 5.56 Å². The molecule has 1 aromatic rings. The molecule has 1 rings (SSSR count). The summed E-state index contributed by atoms with van der Waals surface area (Å²) in [5.41, 5.74) is 0.863. The summed E-state index contributed by atoms with van der Waals surface area (Å²) in [5, 5.41) is 11.6. The molecule has 0 saturated carbocycles. The Morgan fingerprint density at radius 2 is 2.04 bits per heavy atom. The minimum atomic E-state index is -0.929. The van der Waals surface area contributed by atoms with Crippen molar-refractivity contribution in [1.82, 2.24) is 10.2 Å². The molecule has 0 bridgehead atoms. The van der Waals surface area contributed by atoms with E-state index in [1.807, 2.05) is 19.1 Å². The normalized spacial score (nSPS) is 11.5. The molecule has 0 radical (unpaired) electrons. The third-order valence-electron chi connectivity index (χ3n) is 3.29. The van der Waals surface area contributed by atoms with E-state index < -0.39 is 11.9 Å². The number of hydrogen-bond acceptors (Lipinski definition) is 4. The van der Waals surface area contributed by atoms with Crippen LogP contribution < -0.4 is 14.8 Å². The van der Waals surface area contributed by atoms with E-state index in [-0.39, 0.29) is 12.6 Å². The number of benzene rings is 1. The zero-order chi connectivity index (χ0) is 17.4. The van der Waals surface area contributed by atoms with Gasteiger partial charge in [0.05, 0.1) is 19.6 Å². The molecule has 0 spiro atoms. The van der Waals surface area contributed by atoms with Gasteiger partial charge >= 0.3 is 12.0 Å². The van der Waals surface area contributed by atoms with E-state index in [4.69, 9.17) is 14.6 Å². The maximum atomic E-state index is 12.0. The Morgan fingerprint density at radius 1 is 1.35 bits per heavy atom. The summed E-state index contributed by atoms with van der Waals surface area (Å²) in [7, 11) is 3.13. The number of nitrogens with zero attached hydrogens (tertiary/aromatic N) is 1. The van der Waals surface area contributed by atoms with Crippen molar-refractivity contribution in [2.24, 2.45) is 5.92 Å². The Balaban J connectivity index is 2.61. The highest BCUT2D eigenvalue weighted by molar-refractivity contribution is 5.75. The molecule has 128 valence electrons. The van der Waals surface area contributed by atoms with Crippen LogP contribution in [0.1, 0.15) is 19.4 Å². The average molecular weight is 324 g/mol. The smallest absolute Gasteiger partial charge is 0.317 e. The Labute approximate surface area is 136 Å². The van der Waals surface area contributed by atoms with E-state index in [9.17, 15) is 9.59 Å². The number of rotatable bonds is 8. The number of amides is 2. The second kappa shape index (κ2) is 8.87. The maximum Gasteiger partial charge on any atom is 0.317 e. The van der Waals surface area contributed by atoms with Gasteiger partial charge in [-0.1, -0.05) is 13.0 Å². The lowest BCUT2D eigenvalue weighted by molar-refractivity contribution is -0.141. The van der Waals surface area contributed by atoms with E-state index in [1.165, 1.54) is 4.90 Å². The van der Waals surface area contributed by atoms with Gasteiger partial charge in [-0.15, -0.1) is 0 Å². The summed E-state index contributed by atoms with van der Waals surface area (Å²) in [6.07, 6.45) is 0. The Morgan fingerprint density at radius 3 is 2.61 bits per heavy atom. The van der Waals surface area contributed by atoms with Crippen LogP contribution in [0.2, 0.25) is 0 Å². The van der Waals surface area contributed by atoms with Gasteiger partial charge in [0, 0.05) is 20.1 Å². The van der Waals surface area contributed by atoms with Crippen LogP contribution in [0.5, 0.6) is 11.5 Å². The topological polar surface area (TPSA) is 88.1 Å². The molecule has 2 N–H and O–H groups in total. The maximum absolute atomic E-state index is 12.0. The summed E-state index contributed by atoms with van der Waals surface area (Å²) >= 11 is 0. The fourth-order valence-electron chi connectivity index (χ4n) is 1.98. The molecule has 0 aromatic heterocycles. The van der Waals surface area contributed by atoms with Crippen molar-refractivity contribution in [3.05, 3.63) is 23.8 Å². The molecule has 0 aliphatic carbocycles. The molecular weight excluding hydrogens is 300 g/mol. The van der Waals surface area contributed by atoms with Crippen molar-refractivity contribution in [2.75, 3.05) is 27.3 Å². The summed E-state index contributed by atoms with van der Waals surface area (Å²) in [5.74, 6) is -0.290. The molecule has 1 aromatic carbocycles. The number of urea groups is 1. The van der Waals surface area contributed by atoms with Crippen LogP contribution in [0.25, 0.3) is 0 Å². The molecule has 0 aliphatic rings. The van der Waals surface area contributed by atoms with Crippen molar-refractivity contribution < 1.29 is 24.2 Å². The number of carbonyl (C=O) groups is 2. The molecule has 0 saturated heterocycles. The number of aliphatic carboxylic acids is 1.